The summed E-state index contributed by atoms with van der Waals surface area (Å²) in [6, 6.07) is 2.36. The van der Waals surface area contributed by atoms with Crippen molar-refractivity contribution in [3.63, 3.8) is 0 Å². The lowest BCUT2D eigenvalue weighted by molar-refractivity contribution is -0.167. The molecule has 4 fully saturated rings. The standard InChI is InChI=1S/C24H37NO/c1-4-17-18-9-5-6-13-24(18,3)20-12-14-23(2)16(8-7-15-25)10-11-19(23)21(20)22(17)26/h16-21H,4-14H2,1-3H3. The molecule has 2 heteroatoms. The number of ketones is 1. The summed E-state index contributed by atoms with van der Waals surface area (Å²) in [4.78, 5) is 13.7. The Hall–Kier alpha value is -0.840. The highest BCUT2D eigenvalue weighted by Gasteiger charge is 2.63. The first kappa shape index (κ1) is 18.5. The molecule has 0 aromatic carbocycles. The molecule has 4 rings (SSSR count). The Bertz CT molecular complexity index is 606. The molecule has 4 aliphatic rings. The van der Waals surface area contributed by atoms with Crippen LogP contribution in [0.2, 0.25) is 0 Å². The van der Waals surface area contributed by atoms with Gasteiger partial charge in [0.2, 0.25) is 0 Å². The van der Waals surface area contributed by atoms with E-state index >= 15 is 0 Å². The average molecular weight is 356 g/mol. The second-order valence-corrected chi connectivity index (χ2v) is 10.5. The van der Waals surface area contributed by atoms with Crippen LogP contribution in [0.5, 0.6) is 0 Å². The lowest BCUT2D eigenvalue weighted by atomic mass is 9.42. The third-order valence-corrected chi connectivity index (χ3v) is 9.87. The normalized spacial score (nSPS) is 50.5. The minimum Gasteiger partial charge on any atom is -0.299 e. The van der Waals surface area contributed by atoms with E-state index in [9.17, 15) is 4.79 Å². The summed E-state index contributed by atoms with van der Waals surface area (Å²) in [5, 5.41) is 9.06. The first-order valence-corrected chi connectivity index (χ1v) is 11.4. The van der Waals surface area contributed by atoms with Crippen LogP contribution in [0.1, 0.15) is 91.4 Å². The largest absolute Gasteiger partial charge is 0.299 e. The third kappa shape index (κ3) is 2.45. The van der Waals surface area contributed by atoms with E-state index in [1.807, 2.05) is 0 Å². The minimum absolute atomic E-state index is 0.309. The Kier molecular flexibility index (Phi) is 4.73. The predicted molar refractivity (Wildman–Crippen MR) is 104 cm³/mol. The number of carbonyl (C=O) groups is 1. The fourth-order valence-electron chi connectivity index (χ4n) is 8.54. The van der Waals surface area contributed by atoms with Gasteiger partial charge in [-0.15, -0.1) is 0 Å². The van der Waals surface area contributed by atoms with Gasteiger partial charge in [0.25, 0.3) is 0 Å². The Balaban J connectivity index is 1.68. The van der Waals surface area contributed by atoms with Gasteiger partial charge in [-0.25, -0.2) is 0 Å². The van der Waals surface area contributed by atoms with Crippen LogP contribution in [0.25, 0.3) is 0 Å². The van der Waals surface area contributed by atoms with Crippen molar-refractivity contribution in [2.45, 2.75) is 91.4 Å². The second kappa shape index (κ2) is 6.65. The highest BCUT2D eigenvalue weighted by Crippen LogP contribution is 2.68. The van der Waals surface area contributed by atoms with E-state index in [2.05, 4.69) is 26.8 Å². The molecule has 0 spiro atoms. The van der Waals surface area contributed by atoms with Gasteiger partial charge in [0.15, 0.2) is 0 Å². The Morgan fingerprint density at radius 1 is 1.00 bits per heavy atom. The van der Waals surface area contributed by atoms with Crippen molar-refractivity contribution in [2.24, 2.45) is 46.3 Å². The van der Waals surface area contributed by atoms with Gasteiger partial charge in [-0.2, -0.15) is 5.26 Å². The molecule has 8 atom stereocenters. The molecule has 0 aromatic rings. The molecule has 4 aliphatic carbocycles. The van der Waals surface area contributed by atoms with E-state index in [0.29, 0.717) is 58.5 Å². The van der Waals surface area contributed by atoms with Gasteiger partial charge in [-0.1, -0.05) is 33.6 Å². The van der Waals surface area contributed by atoms with Crippen molar-refractivity contribution >= 4 is 5.78 Å². The van der Waals surface area contributed by atoms with E-state index in [1.165, 1.54) is 51.4 Å². The molecule has 0 N–H and O–H groups in total. The summed E-state index contributed by atoms with van der Waals surface area (Å²) >= 11 is 0. The first-order chi connectivity index (χ1) is 12.5. The fourth-order valence-corrected chi connectivity index (χ4v) is 8.54. The van der Waals surface area contributed by atoms with Gasteiger partial charge < -0.3 is 0 Å². The highest BCUT2D eigenvalue weighted by molar-refractivity contribution is 5.86. The number of hydrogen-bond acceptors (Lipinski definition) is 2. The maximum Gasteiger partial charge on any atom is 0.139 e. The topological polar surface area (TPSA) is 40.9 Å². The molecule has 2 nitrogen and oxygen atoms in total. The van der Waals surface area contributed by atoms with Gasteiger partial charge in [-0.3, -0.25) is 4.79 Å². The number of nitrogens with zero attached hydrogens (tertiary/aromatic N) is 1. The molecule has 0 bridgehead atoms. The summed E-state index contributed by atoms with van der Waals surface area (Å²) in [6.07, 6.45) is 13.2. The zero-order chi connectivity index (χ0) is 18.5. The zero-order valence-corrected chi connectivity index (χ0v) is 17.1. The lowest BCUT2D eigenvalue weighted by Gasteiger charge is -2.61. The summed E-state index contributed by atoms with van der Waals surface area (Å²) in [7, 11) is 0. The average Bonchev–Trinajstić information content (AvgIpc) is 2.97. The smallest absolute Gasteiger partial charge is 0.139 e. The SMILES string of the molecule is CCC1C(=O)C2C3CCC(CCC#N)C3(C)CCC2C2(C)CCCCC12. The van der Waals surface area contributed by atoms with Crippen molar-refractivity contribution in [3.8, 4) is 6.07 Å². The van der Waals surface area contributed by atoms with Crippen LogP contribution >= 0.6 is 0 Å². The van der Waals surface area contributed by atoms with Gasteiger partial charge in [-0.05, 0) is 85.9 Å². The molecule has 26 heavy (non-hydrogen) atoms. The Morgan fingerprint density at radius 2 is 1.77 bits per heavy atom. The van der Waals surface area contributed by atoms with Crippen LogP contribution in [0.3, 0.4) is 0 Å². The lowest BCUT2D eigenvalue weighted by Crippen LogP contribution is -2.59. The molecular weight excluding hydrogens is 318 g/mol. The van der Waals surface area contributed by atoms with Crippen LogP contribution in [0.15, 0.2) is 0 Å². The van der Waals surface area contributed by atoms with E-state index in [-0.39, 0.29) is 0 Å². The Labute approximate surface area is 160 Å². The summed E-state index contributed by atoms with van der Waals surface area (Å²) in [5.74, 6) is 3.83. The molecule has 0 heterocycles. The number of hydrogen-bond donors (Lipinski definition) is 0. The maximum atomic E-state index is 13.7. The van der Waals surface area contributed by atoms with Crippen LogP contribution in [-0.2, 0) is 4.79 Å². The zero-order valence-electron chi connectivity index (χ0n) is 17.1. The second-order valence-electron chi connectivity index (χ2n) is 10.5. The van der Waals surface area contributed by atoms with Gasteiger partial charge in [0.05, 0.1) is 6.07 Å². The van der Waals surface area contributed by atoms with E-state index < -0.39 is 0 Å². The third-order valence-electron chi connectivity index (χ3n) is 9.87. The Morgan fingerprint density at radius 3 is 2.50 bits per heavy atom. The number of nitriles is 1. The molecule has 8 unspecified atom stereocenters. The molecule has 4 saturated carbocycles. The van der Waals surface area contributed by atoms with Crippen molar-refractivity contribution in [1.29, 1.82) is 5.26 Å². The quantitative estimate of drug-likeness (QED) is 0.609. The van der Waals surface area contributed by atoms with E-state index in [1.54, 1.807) is 0 Å². The van der Waals surface area contributed by atoms with Crippen LogP contribution in [0, 0.1) is 57.7 Å². The summed E-state index contributed by atoms with van der Waals surface area (Å²) < 4.78 is 0. The molecule has 0 radical (unpaired) electrons. The van der Waals surface area contributed by atoms with E-state index in [4.69, 9.17) is 5.26 Å². The van der Waals surface area contributed by atoms with Crippen LogP contribution < -0.4 is 0 Å². The van der Waals surface area contributed by atoms with E-state index in [0.717, 1.165) is 12.8 Å². The van der Waals surface area contributed by atoms with Crippen LogP contribution in [0.4, 0.5) is 0 Å². The summed E-state index contributed by atoms with van der Waals surface area (Å²) in [6.45, 7) is 7.30. The van der Waals surface area contributed by atoms with Crippen molar-refractivity contribution in [3.05, 3.63) is 0 Å². The number of Topliss-reactive ketones (excluding diaryl/α,β-unsaturated/α-hetero) is 1. The predicted octanol–water partition coefficient (Wildman–Crippen LogP) is 6.15. The first-order valence-electron chi connectivity index (χ1n) is 11.4. The van der Waals surface area contributed by atoms with Crippen molar-refractivity contribution < 1.29 is 4.79 Å². The molecular formula is C24H37NO. The number of carbonyl (C=O) groups excluding carboxylic acids is 1. The highest BCUT2D eigenvalue weighted by atomic mass is 16.1. The maximum absolute atomic E-state index is 13.7. The van der Waals surface area contributed by atoms with Crippen molar-refractivity contribution in [1.82, 2.24) is 0 Å². The van der Waals surface area contributed by atoms with Crippen molar-refractivity contribution in [2.75, 3.05) is 0 Å². The molecule has 0 aliphatic heterocycles. The number of fused-ring (bicyclic) bond motifs is 5. The molecule has 0 saturated heterocycles. The molecule has 144 valence electrons. The van der Waals surface area contributed by atoms with Gasteiger partial charge in [0.1, 0.15) is 5.78 Å². The fraction of sp³-hybridized carbons (Fsp3) is 0.917. The monoisotopic (exact) mass is 355 g/mol. The molecule has 0 aromatic heterocycles. The van der Waals surface area contributed by atoms with Gasteiger partial charge in [0, 0.05) is 18.3 Å². The van der Waals surface area contributed by atoms with Gasteiger partial charge >= 0.3 is 0 Å². The van der Waals surface area contributed by atoms with Crippen LogP contribution in [-0.4, -0.2) is 5.78 Å². The minimum atomic E-state index is 0.309. The number of rotatable bonds is 3. The summed E-state index contributed by atoms with van der Waals surface area (Å²) in [5.41, 5.74) is 0.716. The molecule has 0 amide bonds.